The number of halogens is 2. The Hall–Kier alpha value is -0.570. The molecule has 1 aromatic carbocycles. The van der Waals surface area contributed by atoms with Crippen LogP contribution in [0.15, 0.2) is 18.2 Å². The lowest BCUT2D eigenvalue weighted by molar-refractivity contribution is 0.0976. The number of ketones is 1. The first-order chi connectivity index (χ1) is 9.59. The third-order valence-corrected chi connectivity index (χ3v) is 5.30. The predicted octanol–water partition coefficient (Wildman–Crippen LogP) is 4.35. The fourth-order valence-corrected chi connectivity index (χ4v) is 4.07. The van der Waals surface area contributed by atoms with Gasteiger partial charge in [-0.3, -0.25) is 4.79 Å². The van der Waals surface area contributed by atoms with Crippen molar-refractivity contribution in [2.75, 3.05) is 13.1 Å². The Morgan fingerprint density at radius 3 is 2.50 bits per heavy atom. The summed E-state index contributed by atoms with van der Waals surface area (Å²) in [4.78, 5) is 12.2. The molecule has 1 aliphatic carbocycles. The van der Waals surface area contributed by atoms with E-state index in [1.807, 2.05) is 0 Å². The molecule has 4 heteroatoms. The molecule has 108 valence electrons. The van der Waals surface area contributed by atoms with E-state index in [1.54, 1.807) is 18.2 Å². The Bertz CT molecular complexity index is 503. The van der Waals surface area contributed by atoms with Crippen LogP contribution < -0.4 is 5.32 Å². The van der Waals surface area contributed by atoms with Crippen molar-refractivity contribution in [3.63, 3.8) is 0 Å². The van der Waals surface area contributed by atoms with Crippen molar-refractivity contribution in [1.29, 1.82) is 0 Å². The van der Waals surface area contributed by atoms with Crippen LogP contribution in [0.25, 0.3) is 0 Å². The van der Waals surface area contributed by atoms with Crippen molar-refractivity contribution < 1.29 is 4.79 Å². The molecule has 0 bridgehead atoms. The molecular weight excluding hydrogens is 293 g/mol. The van der Waals surface area contributed by atoms with Gasteiger partial charge in [0.15, 0.2) is 5.78 Å². The Balaban J connectivity index is 1.55. The van der Waals surface area contributed by atoms with Crippen molar-refractivity contribution in [2.24, 2.45) is 11.3 Å². The number of carbonyl (C=O) groups excluding carboxylic acids is 1. The van der Waals surface area contributed by atoms with E-state index in [4.69, 9.17) is 23.2 Å². The highest BCUT2D eigenvalue weighted by atomic mass is 35.5. The van der Waals surface area contributed by atoms with Crippen molar-refractivity contribution in [1.82, 2.24) is 5.32 Å². The summed E-state index contributed by atoms with van der Waals surface area (Å²) in [5.41, 5.74) is 1.19. The van der Waals surface area contributed by atoms with E-state index < -0.39 is 0 Å². The summed E-state index contributed by atoms with van der Waals surface area (Å²) in [5.74, 6) is 0.897. The van der Waals surface area contributed by atoms with Gasteiger partial charge in [0.25, 0.3) is 0 Å². The van der Waals surface area contributed by atoms with E-state index in [9.17, 15) is 4.79 Å². The lowest BCUT2D eigenvalue weighted by atomic mass is 9.90. The van der Waals surface area contributed by atoms with Crippen LogP contribution in [-0.4, -0.2) is 18.9 Å². The number of nitrogens with one attached hydrogen (secondary N) is 1. The van der Waals surface area contributed by atoms with Gasteiger partial charge in [-0.25, -0.2) is 0 Å². The maximum Gasteiger partial charge on any atom is 0.162 e. The Labute approximate surface area is 129 Å². The van der Waals surface area contributed by atoms with Crippen molar-refractivity contribution in [2.45, 2.75) is 32.1 Å². The first kappa shape index (κ1) is 14.4. The van der Waals surface area contributed by atoms with Gasteiger partial charge in [0.05, 0.1) is 0 Å². The monoisotopic (exact) mass is 311 g/mol. The Morgan fingerprint density at radius 1 is 1.20 bits per heavy atom. The second-order valence-electron chi connectivity index (χ2n) is 6.13. The van der Waals surface area contributed by atoms with Crippen LogP contribution in [0.5, 0.6) is 0 Å². The second-order valence-corrected chi connectivity index (χ2v) is 7.01. The first-order valence-corrected chi connectivity index (χ1v) is 8.05. The van der Waals surface area contributed by atoms with Crippen molar-refractivity contribution >= 4 is 29.0 Å². The molecule has 1 saturated carbocycles. The van der Waals surface area contributed by atoms with Crippen molar-refractivity contribution in [3.8, 4) is 0 Å². The average Bonchev–Trinajstić information content (AvgIpc) is 3.08. The molecule has 1 spiro atoms. The summed E-state index contributed by atoms with van der Waals surface area (Å²) in [6.45, 7) is 2.27. The maximum atomic E-state index is 12.2. The fraction of sp³-hybridized carbons (Fsp3) is 0.562. The number of hydrogen-bond acceptors (Lipinski definition) is 2. The standard InChI is InChI=1S/C16H19Cl2NO/c17-13-7-11(8-14(18)9-13)15(20)2-1-12-10-16(12)3-5-19-6-4-16/h7-9,12,19H,1-6,10H2. The quantitative estimate of drug-likeness (QED) is 0.838. The molecule has 2 nitrogen and oxygen atoms in total. The van der Waals surface area contributed by atoms with E-state index in [0.29, 0.717) is 27.4 Å². The van der Waals surface area contributed by atoms with Crippen LogP contribution in [-0.2, 0) is 0 Å². The number of hydrogen-bond donors (Lipinski definition) is 1. The minimum absolute atomic E-state index is 0.158. The summed E-state index contributed by atoms with van der Waals surface area (Å²) in [7, 11) is 0. The Morgan fingerprint density at radius 2 is 1.85 bits per heavy atom. The minimum atomic E-state index is 0.158. The summed E-state index contributed by atoms with van der Waals surface area (Å²) >= 11 is 11.9. The molecule has 1 heterocycles. The summed E-state index contributed by atoms with van der Waals surface area (Å²) in [6.07, 6.45) is 5.46. The van der Waals surface area contributed by atoms with Gasteiger partial charge in [-0.05, 0) is 68.3 Å². The van der Waals surface area contributed by atoms with E-state index >= 15 is 0 Å². The molecule has 1 unspecified atom stereocenters. The second kappa shape index (κ2) is 5.67. The van der Waals surface area contributed by atoms with E-state index in [2.05, 4.69) is 5.32 Å². The van der Waals surface area contributed by atoms with Crippen LogP contribution in [0.2, 0.25) is 10.0 Å². The third kappa shape index (κ3) is 3.03. The number of piperidine rings is 1. The zero-order chi connectivity index (χ0) is 14.2. The molecule has 1 N–H and O–H groups in total. The van der Waals surface area contributed by atoms with Gasteiger partial charge in [-0.1, -0.05) is 23.2 Å². The van der Waals surface area contributed by atoms with Gasteiger partial charge in [-0.2, -0.15) is 0 Å². The largest absolute Gasteiger partial charge is 0.317 e. The Kier molecular flexibility index (Phi) is 4.07. The third-order valence-electron chi connectivity index (χ3n) is 4.86. The normalized spacial score (nSPS) is 23.8. The fourth-order valence-electron chi connectivity index (χ4n) is 3.54. The molecule has 20 heavy (non-hydrogen) atoms. The van der Waals surface area contributed by atoms with Crippen LogP contribution in [0.1, 0.15) is 42.5 Å². The van der Waals surface area contributed by atoms with E-state index in [0.717, 1.165) is 25.4 Å². The number of benzene rings is 1. The molecule has 1 aromatic rings. The van der Waals surface area contributed by atoms with Crippen LogP contribution in [0.3, 0.4) is 0 Å². The first-order valence-electron chi connectivity index (χ1n) is 7.29. The number of Topliss-reactive ketones (excluding diaryl/α,β-unsaturated/α-hetero) is 1. The van der Waals surface area contributed by atoms with Gasteiger partial charge in [0.2, 0.25) is 0 Å². The van der Waals surface area contributed by atoms with Gasteiger partial charge < -0.3 is 5.32 Å². The molecule has 2 aliphatic rings. The zero-order valence-corrected chi connectivity index (χ0v) is 12.9. The smallest absolute Gasteiger partial charge is 0.162 e. The maximum absolute atomic E-state index is 12.2. The summed E-state index contributed by atoms with van der Waals surface area (Å²) in [6, 6.07) is 5.08. The summed E-state index contributed by atoms with van der Waals surface area (Å²) < 4.78 is 0. The van der Waals surface area contributed by atoms with Crippen LogP contribution >= 0.6 is 23.2 Å². The van der Waals surface area contributed by atoms with Crippen LogP contribution in [0.4, 0.5) is 0 Å². The number of carbonyl (C=O) groups is 1. The molecule has 0 amide bonds. The highest BCUT2D eigenvalue weighted by molar-refractivity contribution is 6.35. The van der Waals surface area contributed by atoms with Gasteiger partial charge in [0.1, 0.15) is 0 Å². The number of rotatable bonds is 4. The molecule has 0 aromatic heterocycles. The summed E-state index contributed by atoms with van der Waals surface area (Å²) in [5, 5.41) is 4.47. The van der Waals surface area contributed by atoms with Gasteiger partial charge >= 0.3 is 0 Å². The molecular formula is C16H19Cl2NO. The van der Waals surface area contributed by atoms with Gasteiger partial charge in [-0.15, -0.1) is 0 Å². The van der Waals surface area contributed by atoms with Crippen molar-refractivity contribution in [3.05, 3.63) is 33.8 Å². The lowest BCUT2D eigenvalue weighted by Gasteiger charge is -2.23. The average molecular weight is 312 g/mol. The minimum Gasteiger partial charge on any atom is -0.317 e. The topological polar surface area (TPSA) is 29.1 Å². The predicted molar refractivity (Wildman–Crippen MR) is 82.7 cm³/mol. The van der Waals surface area contributed by atoms with Crippen LogP contribution in [0, 0.1) is 11.3 Å². The molecule has 3 rings (SSSR count). The zero-order valence-electron chi connectivity index (χ0n) is 11.4. The van der Waals surface area contributed by atoms with E-state index in [1.165, 1.54) is 19.3 Å². The van der Waals surface area contributed by atoms with Gasteiger partial charge in [0, 0.05) is 22.0 Å². The highest BCUT2D eigenvalue weighted by Gasteiger charge is 2.52. The molecule has 1 aliphatic heterocycles. The molecule has 1 atom stereocenters. The molecule has 1 saturated heterocycles. The molecule has 0 radical (unpaired) electrons. The SMILES string of the molecule is O=C(CCC1CC12CCNCC2)c1cc(Cl)cc(Cl)c1. The highest BCUT2D eigenvalue weighted by Crippen LogP contribution is 2.60. The van der Waals surface area contributed by atoms with E-state index in [-0.39, 0.29) is 5.78 Å². The molecule has 2 fully saturated rings. The lowest BCUT2D eigenvalue weighted by Crippen LogP contribution is -2.29.